The van der Waals surface area contributed by atoms with Crippen molar-refractivity contribution in [3.8, 4) is 11.5 Å². The first-order valence-corrected chi connectivity index (χ1v) is 12.1. The minimum Gasteiger partial charge on any atom is -0.872 e. The number of fused-ring (bicyclic) bond motifs is 1. The predicted molar refractivity (Wildman–Crippen MR) is 131 cm³/mol. The lowest BCUT2D eigenvalue weighted by molar-refractivity contribution is -0.858. The smallest absolute Gasteiger partial charge is 0.295 e. The van der Waals surface area contributed by atoms with Gasteiger partial charge in [-0.2, -0.15) is 0 Å². The zero-order chi connectivity index (χ0) is 25.3. The van der Waals surface area contributed by atoms with Crippen LogP contribution >= 0.6 is 0 Å². The first-order valence-electron chi connectivity index (χ1n) is 12.1. The van der Waals surface area contributed by atoms with Gasteiger partial charge in [-0.3, -0.25) is 9.59 Å². The molecule has 1 N–H and O–H groups in total. The molecule has 7 heteroatoms. The Labute approximate surface area is 206 Å². The number of ether oxygens (including phenoxy) is 2. The van der Waals surface area contributed by atoms with Crippen LogP contribution in [0.4, 0.5) is 0 Å². The van der Waals surface area contributed by atoms with E-state index in [1.807, 2.05) is 38.4 Å². The zero-order valence-corrected chi connectivity index (χ0v) is 21.1. The molecule has 0 spiro atoms. The monoisotopic (exact) mass is 478 g/mol. The molecule has 0 aromatic heterocycles. The standard InChI is InChI=1S/C28H34N2O5/c1-28(2,3)20-10-7-18(8-11-20)24-23(26(32)27(33)30(24)14-6-13-29(4)5)25(31)19-9-12-21-22(17-19)35-16-15-34-21/h7-12,17,24,31H,6,13-16H2,1-5H3. The molecule has 2 aromatic rings. The van der Waals surface area contributed by atoms with Gasteiger partial charge in [-0.25, -0.2) is 0 Å². The molecule has 186 valence electrons. The highest BCUT2D eigenvalue weighted by atomic mass is 16.6. The summed E-state index contributed by atoms with van der Waals surface area (Å²) in [4.78, 5) is 29.2. The van der Waals surface area contributed by atoms with E-state index in [9.17, 15) is 14.7 Å². The van der Waals surface area contributed by atoms with Crippen LogP contribution in [0.25, 0.3) is 5.76 Å². The fourth-order valence-corrected chi connectivity index (χ4v) is 4.56. The van der Waals surface area contributed by atoms with Crippen LogP contribution in [0.5, 0.6) is 11.5 Å². The number of benzene rings is 2. The number of Topliss-reactive ketones (excluding diaryl/α,β-unsaturated/α-hetero) is 1. The van der Waals surface area contributed by atoms with Crippen LogP contribution in [0.3, 0.4) is 0 Å². The summed E-state index contributed by atoms with van der Waals surface area (Å²) in [5.41, 5.74) is 2.16. The van der Waals surface area contributed by atoms with Gasteiger partial charge >= 0.3 is 0 Å². The Morgan fingerprint density at radius 1 is 1.03 bits per heavy atom. The molecule has 0 bridgehead atoms. The number of carbonyl (C=O) groups excluding carboxylic acids is 2. The van der Waals surface area contributed by atoms with E-state index in [1.165, 1.54) is 4.90 Å². The highest BCUT2D eigenvalue weighted by Gasteiger charge is 2.44. The van der Waals surface area contributed by atoms with E-state index in [0.29, 0.717) is 36.8 Å². The van der Waals surface area contributed by atoms with Crippen molar-refractivity contribution in [2.45, 2.75) is 38.6 Å². The van der Waals surface area contributed by atoms with Crippen molar-refractivity contribution < 1.29 is 29.1 Å². The lowest BCUT2D eigenvalue weighted by Gasteiger charge is -2.29. The third-order valence-electron chi connectivity index (χ3n) is 6.50. The second-order valence-electron chi connectivity index (χ2n) is 10.5. The minimum absolute atomic E-state index is 0.00705. The Balaban J connectivity index is 1.78. The summed E-state index contributed by atoms with van der Waals surface area (Å²) >= 11 is 0. The molecule has 1 amide bonds. The second kappa shape index (κ2) is 9.74. The Morgan fingerprint density at radius 3 is 2.31 bits per heavy atom. The first kappa shape index (κ1) is 24.8. The molecule has 2 aromatic carbocycles. The lowest BCUT2D eigenvalue weighted by Crippen LogP contribution is -3.05. The normalized spacial score (nSPS) is 19.5. The number of hydrogen-bond acceptors (Lipinski definition) is 5. The van der Waals surface area contributed by atoms with Crippen molar-refractivity contribution in [2.24, 2.45) is 0 Å². The molecule has 4 rings (SSSR count). The molecule has 2 aliphatic heterocycles. The van der Waals surface area contributed by atoms with Crippen LogP contribution in [0.15, 0.2) is 48.0 Å². The molecule has 35 heavy (non-hydrogen) atoms. The summed E-state index contributed by atoms with van der Waals surface area (Å²) < 4.78 is 11.2. The minimum atomic E-state index is -0.730. The van der Waals surface area contributed by atoms with Gasteiger partial charge in [-0.05, 0) is 34.2 Å². The number of carbonyl (C=O) groups is 2. The summed E-state index contributed by atoms with van der Waals surface area (Å²) in [7, 11) is 4.09. The summed E-state index contributed by atoms with van der Waals surface area (Å²) in [6.45, 7) is 8.47. The maximum atomic E-state index is 13.7. The number of rotatable bonds is 6. The number of ketones is 1. The molecule has 0 radical (unpaired) electrons. The van der Waals surface area contributed by atoms with Crippen LogP contribution in [0, 0.1) is 0 Å². The number of nitrogens with zero attached hydrogens (tertiary/aromatic N) is 1. The van der Waals surface area contributed by atoms with E-state index in [4.69, 9.17) is 9.47 Å². The van der Waals surface area contributed by atoms with Crippen LogP contribution in [0.1, 0.15) is 49.9 Å². The van der Waals surface area contributed by atoms with Crippen molar-refractivity contribution in [3.63, 3.8) is 0 Å². The Morgan fingerprint density at radius 2 is 1.69 bits per heavy atom. The molecular weight excluding hydrogens is 444 g/mol. The van der Waals surface area contributed by atoms with Crippen molar-refractivity contribution in [1.82, 2.24) is 4.90 Å². The second-order valence-corrected chi connectivity index (χ2v) is 10.5. The van der Waals surface area contributed by atoms with Crippen molar-refractivity contribution in [3.05, 3.63) is 64.7 Å². The van der Waals surface area contributed by atoms with Gasteiger partial charge in [0.05, 0.1) is 26.7 Å². The topological polar surface area (TPSA) is 83.3 Å². The molecule has 1 fully saturated rings. The van der Waals surface area contributed by atoms with Crippen molar-refractivity contribution in [1.29, 1.82) is 0 Å². The summed E-state index contributed by atoms with van der Waals surface area (Å²) in [6, 6.07) is 12.1. The van der Waals surface area contributed by atoms with E-state index in [1.54, 1.807) is 23.1 Å². The maximum absolute atomic E-state index is 13.7. The summed E-state index contributed by atoms with van der Waals surface area (Å²) in [5, 5.41) is 13.7. The molecular formula is C28H34N2O5. The zero-order valence-electron chi connectivity index (χ0n) is 21.1. The van der Waals surface area contributed by atoms with Gasteiger partial charge in [-0.15, -0.1) is 0 Å². The molecule has 7 nitrogen and oxygen atoms in total. The summed E-state index contributed by atoms with van der Waals surface area (Å²) in [5.74, 6) is -0.771. The van der Waals surface area contributed by atoms with E-state index in [-0.39, 0.29) is 11.0 Å². The molecule has 2 heterocycles. The number of amides is 1. The van der Waals surface area contributed by atoms with E-state index < -0.39 is 23.5 Å². The van der Waals surface area contributed by atoms with E-state index >= 15 is 0 Å². The van der Waals surface area contributed by atoms with Crippen molar-refractivity contribution in [2.75, 3.05) is 40.4 Å². The van der Waals surface area contributed by atoms with Crippen LogP contribution in [-0.4, -0.2) is 57.0 Å². The first-order chi connectivity index (χ1) is 16.6. The van der Waals surface area contributed by atoms with Crippen LogP contribution in [0.2, 0.25) is 0 Å². The van der Waals surface area contributed by atoms with Gasteiger partial charge in [0.15, 0.2) is 11.5 Å². The summed E-state index contributed by atoms with van der Waals surface area (Å²) in [6.07, 6.45) is 0.726. The lowest BCUT2D eigenvalue weighted by atomic mass is 9.85. The Kier molecular flexibility index (Phi) is 6.90. The largest absolute Gasteiger partial charge is 0.872 e. The molecule has 0 saturated carbocycles. The Hall–Kier alpha value is -3.32. The predicted octanol–water partition coefficient (Wildman–Crippen LogP) is 1.51. The third-order valence-corrected chi connectivity index (χ3v) is 6.50. The number of nitrogens with one attached hydrogen (secondary N) is 1. The molecule has 0 aliphatic carbocycles. The van der Waals surface area contributed by atoms with E-state index in [0.717, 1.165) is 24.1 Å². The van der Waals surface area contributed by atoms with Crippen molar-refractivity contribution >= 4 is 17.4 Å². The molecule has 1 saturated heterocycles. The average Bonchev–Trinajstić information content (AvgIpc) is 3.07. The van der Waals surface area contributed by atoms with Gasteiger partial charge in [0.2, 0.25) is 5.78 Å². The quantitative estimate of drug-likeness (QED) is 0.387. The van der Waals surface area contributed by atoms with Gasteiger partial charge in [0.25, 0.3) is 5.91 Å². The van der Waals surface area contributed by atoms with Crippen LogP contribution in [-0.2, 0) is 15.0 Å². The number of quaternary nitrogens is 1. The van der Waals surface area contributed by atoms with Gasteiger partial charge in [0, 0.05) is 18.5 Å². The third kappa shape index (κ3) is 5.05. The SMILES string of the molecule is C[NH+](C)CCCN1C(=O)C(=O)C(=C([O-])c2ccc3c(c2)OCCO3)C1c1ccc(C(C)(C)C)cc1. The van der Waals surface area contributed by atoms with Gasteiger partial charge in [0.1, 0.15) is 13.2 Å². The fourth-order valence-electron chi connectivity index (χ4n) is 4.56. The van der Waals surface area contributed by atoms with Gasteiger partial charge in [-0.1, -0.05) is 56.9 Å². The van der Waals surface area contributed by atoms with Gasteiger partial charge < -0.3 is 24.4 Å². The maximum Gasteiger partial charge on any atom is 0.295 e. The van der Waals surface area contributed by atoms with Crippen LogP contribution < -0.4 is 19.5 Å². The molecule has 1 atom stereocenters. The number of hydrogen-bond donors (Lipinski definition) is 1. The highest BCUT2D eigenvalue weighted by Crippen LogP contribution is 2.40. The highest BCUT2D eigenvalue weighted by molar-refractivity contribution is 6.46. The average molecular weight is 479 g/mol. The van der Waals surface area contributed by atoms with E-state index in [2.05, 4.69) is 20.8 Å². The number of likely N-dealkylation sites (tertiary alicyclic amines) is 1. The molecule has 1 unspecified atom stereocenters. The molecule has 2 aliphatic rings. The Bertz CT molecular complexity index is 1140. The fraction of sp³-hybridized carbons (Fsp3) is 0.429.